The monoisotopic (exact) mass is 459 g/mol. The van der Waals surface area contributed by atoms with Gasteiger partial charge in [-0.15, -0.1) is 0 Å². The molecule has 5 heteroatoms. The molecule has 0 atom stereocenters. The van der Waals surface area contributed by atoms with Crippen molar-refractivity contribution in [1.29, 1.82) is 0 Å². The first-order chi connectivity index (χ1) is 16.3. The number of rotatable bonds is 3. The molecule has 2 amide bonds. The van der Waals surface area contributed by atoms with Crippen molar-refractivity contribution in [3.63, 3.8) is 0 Å². The predicted molar refractivity (Wildman–Crippen MR) is 135 cm³/mol. The highest BCUT2D eigenvalue weighted by Crippen LogP contribution is 2.27. The van der Waals surface area contributed by atoms with Crippen molar-refractivity contribution in [2.75, 3.05) is 32.7 Å². The normalized spacial score (nSPS) is 19.5. The summed E-state index contributed by atoms with van der Waals surface area (Å²) < 4.78 is 0. The summed E-state index contributed by atoms with van der Waals surface area (Å²) in [6, 6.07) is 14.8. The second-order valence-corrected chi connectivity index (χ2v) is 11.2. The lowest BCUT2D eigenvalue weighted by atomic mass is 9.86. The predicted octanol–water partition coefficient (Wildman–Crippen LogP) is 4.49. The quantitative estimate of drug-likeness (QED) is 0.679. The summed E-state index contributed by atoms with van der Waals surface area (Å²) in [6.07, 6.45) is 4.78. The third-order valence-corrected chi connectivity index (χ3v) is 7.94. The van der Waals surface area contributed by atoms with Crippen LogP contribution in [0.4, 0.5) is 0 Å². The summed E-state index contributed by atoms with van der Waals surface area (Å²) in [5.41, 5.74) is 5.18. The lowest BCUT2D eigenvalue weighted by Gasteiger charge is -2.43. The van der Waals surface area contributed by atoms with Crippen LogP contribution in [0.25, 0.3) is 0 Å². The van der Waals surface area contributed by atoms with Crippen molar-refractivity contribution < 1.29 is 9.59 Å². The standard InChI is InChI=1S/C29H37N3O2/c1-29(2,3)25-11-9-21(10-12-25)27(33)32-14-13-22-19-23(7-8-24(22)20-32)28(34)31-17-15-30(16-18-31)26-5-4-6-26/h7-12,19,26H,4-6,13-18,20H2,1-3H3. The maximum atomic E-state index is 13.1. The molecule has 3 aliphatic rings. The number of piperazine rings is 1. The minimum absolute atomic E-state index is 0.0744. The molecule has 0 unspecified atom stereocenters. The Bertz CT molecular complexity index is 1060. The summed E-state index contributed by atoms with van der Waals surface area (Å²) in [6.45, 7) is 11.5. The molecule has 5 rings (SSSR count). The molecule has 180 valence electrons. The minimum atomic E-state index is 0.0744. The molecule has 1 saturated carbocycles. The third kappa shape index (κ3) is 4.63. The fourth-order valence-electron chi connectivity index (χ4n) is 5.38. The van der Waals surface area contributed by atoms with E-state index in [0.717, 1.165) is 55.3 Å². The molecule has 2 aromatic rings. The van der Waals surface area contributed by atoms with E-state index in [2.05, 4.69) is 49.9 Å². The number of hydrogen-bond donors (Lipinski definition) is 0. The number of carbonyl (C=O) groups is 2. The van der Waals surface area contributed by atoms with Crippen LogP contribution in [0.3, 0.4) is 0 Å². The van der Waals surface area contributed by atoms with Crippen LogP contribution in [0.15, 0.2) is 42.5 Å². The zero-order valence-corrected chi connectivity index (χ0v) is 20.8. The topological polar surface area (TPSA) is 43.9 Å². The zero-order chi connectivity index (χ0) is 23.9. The first kappa shape index (κ1) is 23.1. The average molecular weight is 460 g/mol. The molecule has 0 N–H and O–H groups in total. The Morgan fingerprint density at radius 1 is 0.765 bits per heavy atom. The highest BCUT2D eigenvalue weighted by molar-refractivity contribution is 5.95. The molecule has 2 fully saturated rings. The van der Waals surface area contributed by atoms with E-state index in [1.165, 1.54) is 30.4 Å². The Hall–Kier alpha value is -2.66. The maximum absolute atomic E-state index is 13.1. The van der Waals surface area contributed by atoms with Crippen LogP contribution in [-0.4, -0.2) is 65.3 Å². The van der Waals surface area contributed by atoms with Crippen molar-refractivity contribution in [2.45, 2.75) is 64.5 Å². The second kappa shape index (κ2) is 9.18. The first-order valence-corrected chi connectivity index (χ1v) is 12.8. The Labute approximate surface area is 203 Å². The van der Waals surface area contributed by atoms with Crippen LogP contribution in [0.1, 0.15) is 77.4 Å². The average Bonchev–Trinajstić information content (AvgIpc) is 2.81. The van der Waals surface area contributed by atoms with Crippen LogP contribution in [0.5, 0.6) is 0 Å². The summed E-state index contributed by atoms with van der Waals surface area (Å²) in [5, 5.41) is 0. The van der Waals surface area contributed by atoms with Gasteiger partial charge in [0.25, 0.3) is 11.8 Å². The van der Waals surface area contributed by atoms with E-state index in [4.69, 9.17) is 0 Å². The summed E-state index contributed by atoms with van der Waals surface area (Å²) in [4.78, 5) is 32.8. The fourth-order valence-corrected chi connectivity index (χ4v) is 5.38. The lowest BCUT2D eigenvalue weighted by molar-refractivity contribution is 0.0455. The molecule has 0 bridgehead atoms. The van der Waals surface area contributed by atoms with Gasteiger partial charge in [-0.05, 0) is 65.6 Å². The number of nitrogens with zero attached hydrogens (tertiary/aromatic N) is 3. The number of hydrogen-bond acceptors (Lipinski definition) is 3. The van der Waals surface area contributed by atoms with Crippen molar-refractivity contribution in [3.8, 4) is 0 Å². The summed E-state index contributed by atoms with van der Waals surface area (Å²) in [7, 11) is 0. The number of benzene rings is 2. The van der Waals surface area contributed by atoms with E-state index in [9.17, 15) is 9.59 Å². The first-order valence-electron chi connectivity index (χ1n) is 12.8. The molecule has 34 heavy (non-hydrogen) atoms. The fraction of sp³-hybridized carbons (Fsp3) is 0.517. The molecular formula is C29H37N3O2. The van der Waals surface area contributed by atoms with Gasteiger partial charge in [0.1, 0.15) is 0 Å². The number of fused-ring (bicyclic) bond motifs is 1. The Morgan fingerprint density at radius 2 is 1.41 bits per heavy atom. The van der Waals surface area contributed by atoms with Gasteiger partial charge in [-0.25, -0.2) is 0 Å². The van der Waals surface area contributed by atoms with Gasteiger partial charge in [0.2, 0.25) is 0 Å². The Kier molecular flexibility index (Phi) is 6.24. The van der Waals surface area contributed by atoms with Crippen molar-refractivity contribution in [1.82, 2.24) is 14.7 Å². The zero-order valence-electron chi connectivity index (χ0n) is 20.8. The van der Waals surface area contributed by atoms with Crippen LogP contribution in [0.2, 0.25) is 0 Å². The van der Waals surface area contributed by atoms with Crippen LogP contribution in [0, 0.1) is 0 Å². The molecular weight excluding hydrogens is 422 g/mol. The van der Waals surface area contributed by atoms with E-state index >= 15 is 0 Å². The van der Waals surface area contributed by atoms with E-state index in [1.54, 1.807) is 0 Å². The maximum Gasteiger partial charge on any atom is 0.254 e. The van der Waals surface area contributed by atoms with Gasteiger partial charge in [-0.2, -0.15) is 0 Å². The SMILES string of the molecule is CC(C)(C)c1ccc(C(=O)N2CCc3cc(C(=O)N4CCN(C5CCC5)CC4)ccc3C2)cc1. The summed E-state index contributed by atoms with van der Waals surface area (Å²) in [5.74, 6) is 0.226. The molecule has 0 radical (unpaired) electrons. The van der Waals surface area contributed by atoms with Gasteiger partial charge in [0, 0.05) is 56.4 Å². The highest BCUT2D eigenvalue weighted by atomic mass is 16.2. The molecule has 2 heterocycles. The van der Waals surface area contributed by atoms with Crippen molar-refractivity contribution >= 4 is 11.8 Å². The Balaban J connectivity index is 1.21. The molecule has 0 spiro atoms. The largest absolute Gasteiger partial charge is 0.336 e. The van der Waals surface area contributed by atoms with E-state index in [0.29, 0.717) is 13.1 Å². The number of amides is 2. The molecule has 2 aliphatic heterocycles. The summed E-state index contributed by atoms with van der Waals surface area (Å²) >= 11 is 0. The van der Waals surface area contributed by atoms with Gasteiger partial charge < -0.3 is 9.80 Å². The van der Waals surface area contributed by atoms with E-state index in [1.807, 2.05) is 28.0 Å². The minimum Gasteiger partial charge on any atom is -0.336 e. The van der Waals surface area contributed by atoms with Gasteiger partial charge >= 0.3 is 0 Å². The molecule has 1 saturated heterocycles. The van der Waals surface area contributed by atoms with Crippen LogP contribution < -0.4 is 0 Å². The van der Waals surface area contributed by atoms with Crippen molar-refractivity contribution in [2.24, 2.45) is 0 Å². The third-order valence-electron chi connectivity index (χ3n) is 7.94. The van der Waals surface area contributed by atoms with Gasteiger partial charge in [0.05, 0.1) is 0 Å². The Morgan fingerprint density at radius 3 is 2.03 bits per heavy atom. The highest BCUT2D eigenvalue weighted by Gasteiger charge is 2.30. The molecule has 2 aromatic carbocycles. The van der Waals surface area contributed by atoms with Crippen molar-refractivity contribution in [3.05, 3.63) is 70.3 Å². The number of carbonyl (C=O) groups excluding carboxylic acids is 2. The second-order valence-electron chi connectivity index (χ2n) is 11.2. The van der Waals surface area contributed by atoms with Gasteiger partial charge in [-0.3, -0.25) is 14.5 Å². The molecule has 5 nitrogen and oxygen atoms in total. The lowest BCUT2D eigenvalue weighted by Crippen LogP contribution is -2.53. The molecule has 0 aromatic heterocycles. The van der Waals surface area contributed by atoms with Crippen LogP contribution in [-0.2, 0) is 18.4 Å². The van der Waals surface area contributed by atoms with Gasteiger partial charge in [-0.1, -0.05) is 45.4 Å². The molecule has 1 aliphatic carbocycles. The van der Waals surface area contributed by atoms with E-state index < -0.39 is 0 Å². The van der Waals surface area contributed by atoms with E-state index in [-0.39, 0.29) is 17.2 Å². The smallest absolute Gasteiger partial charge is 0.254 e. The van der Waals surface area contributed by atoms with Gasteiger partial charge in [0.15, 0.2) is 0 Å². The van der Waals surface area contributed by atoms with Crippen LogP contribution >= 0.6 is 0 Å².